The lowest BCUT2D eigenvalue weighted by atomic mass is 9.70. The Morgan fingerprint density at radius 3 is 2.18 bits per heavy atom. The van der Waals surface area contributed by atoms with E-state index in [-0.39, 0.29) is 31.2 Å². The van der Waals surface area contributed by atoms with Crippen LogP contribution in [0.1, 0.15) is 49.4 Å². The molecule has 16 heteroatoms. The van der Waals surface area contributed by atoms with Gasteiger partial charge in [-0.3, -0.25) is 33.5 Å². The Morgan fingerprint density at radius 2 is 1.68 bits per heavy atom. The van der Waals surface area contributed by atoms with Gasteiger partial charge in [-0.25, -0.2) is 31.1 Å². The fourth-order valence-corrected chi connectivity index (χ4v) is 6.00. The maximum Gasteiger partial charge on any atom is 0.328 e. The van der Waals surface area contributed by atoms with Gasteiger partial charge in [-0.05, 0) is 31.7 Å². The van der Waals surface area contributed by atoms with Gasteiger partial charge in [0.1, 0.15) is 11.7 Å². The van der Waals surface area contributed by atoms with Crippen LogP contribution in [0.3, 0.4) is 0 Å². The highest BCUT2D eigenvalue weighted by Crippen LogP contribution is 2.48. The Bertz CT molecular complexity index is 1100. The number of likely N-dealkylation sites (tertiary alicyclic amines) is 1. The number of nitrogens with two attached hydrogens (primary N) is 2. The number of halogens is 6. The summed E-state index contributed by atoms with van der Waals surface area (Å²) in [6.07, 6.45) is -4.67. The van der Waals surface area contributed by atoms with E-state index in [0.717, 1.165) is 0 Å². The minimum absolute atomic E-state index is 0.0488. The molecule has 6 atom stereocenters. The summed E-state index contributed by atoms with van der Waals surface area (Å²) in [7, 11) is 0. The van der Waals surface area contributed by atoms with Gasteiger partial charge in [0, 0.05) is 24.2 Å². The van der Waals surface area contributed by atoms with Crippen LogP contribution < -0.4 is 22.7 Å². The Hall–Kier alpha value is -1.98. The number of H-pyrrole nitrogens is 1. The van der Waals surface area contributed by atoms with E-state index in [0.29, 0.717) is 12.8 Å². The molecule has 2 aliphatic carbocycles. The van der Waals surface area contributed by atoms with Crippen molar-refractivity contribution in [2.75, 3.05) is 33.7 Å². The van der Waals surface area contributed by atoms with Crippen molar-refractivity contribution in [3.8, 4) is 0 Å². The summed E-state index contributed by atoms with van der Waals surface area (Å²) in [5.74, 6) is -4.33. The van der Waals surface area contributed by atoms with Crippen LogP contribution in [0.15, 0.2) is 9.59 Å². The Morgan fingerprint density at radius 1 is 1.11 bits per heavy atom. The average molecular weight is 560 g/mol. The minimum Gasteiger partial charge on any atom is -0.321 e. The molecule has 1 saturated carbocycles. The molecule has 10 nitrogen and oxygen atoms in total. The van der Waals surface area contributed by atoms with Crippen LogP contribution in [0, 0.1) is 5.92 Å². The first kappa shape index (κ1) is 29.0. The van der Waals surface area contributed by atoms with Crippen molar-refractivity contribution in [1.82, 2.24) is 14.5 Å². The van der Waals surface area contributed by atoms with E-state index in [9.17, 15) is 31.5 Å². The predicted molar refractivity (Wildman–Crippen MR) is 120 cm³/mol. The van der Waals surface area contributed by atoms with Gasteiger partial charge in [0.25, 0.3) is 12.0 Å². The molecular weight excluding hydrogens is 528 g/mol. The van der Waals surface area contributed by atoms with E-state index >= 15 is 4.39 Å². The summed E-state index contributed by atoms with van der Waals surface area (Å²) < 4.78 is 99.5. The van der Waals surface area contributed by atoms with Crippen molar-refractivity contribution in [1.29, 1.82) is 0 Å². The van der Waals surface area contributed by atoms with Crippen molar-refractivity contribution in [2.45, 2.75) is 74.3 Å². The quantitative estimate of drug-likeness (QED) is 0.272. The first-order valence-electron chi connectivity index (χ1n) is 12.2. The zero-order valence-electron chi connectivity index (χ0n) is 20.6. The molecule has 2 heterocycles. The number of aromatic amines is 1. The number of nitrogens with zero attached hydrogens (tertiary/aromatic N) is 2. The number of hydrogen-bond acceptors (Lipinski definition) is 8. The zero-order valence-corrected chi connectivity index (χ0v) is 20.6. The second-order valence-electron chi connectivity index (χ2n) is 9.97. The number of aromatic nitrogens is 2. The molecule has 1 saturated heterocycles. The summed E-state index contributed by atoms with van der Waals surface area (Å²) in [5, 5.41) is 0. The van der Waals surface area contributed by atoms with Crippen molar-refractivity contribution < 1.29 is 40.6 Å². The topological polar surface area (TPSA) is 138 Å². The van der Waals surface area contributed by atoms with Gasteiger partial charge in [-0.2, -0.15) is 0 Å². The van der Waals surface area contributed by atoms with Gasteiger partial charge in [0.15, 0.2) is 20.6 Å². The monoisotopic (exact) mass is 559 g/mol. The van der Waals surface area contributed by atoms with Crippen LogP contribution >= 0.6 is 0 Å². The van der Waals surface area contributed by atoms with E-state index in [4.69, 9.17) is 11.5 Å². The molecule has 6 unspecified atom stereocenters. The van der Waals surface area contributed by atoms with E-state index in [2.05, 4.69) is 14.2 Å². The zero-order chi connectivity index (χ0) is 28.0. The molecule has 1 aliphatic heterocycles. The number of rotatable bonds is 11. The highest BCUT2D eigenvalue weighted by atomic mass is 19.3. The largest absolute Gasteiger partial charge is 0.328 e. The third-order valence-electron chi connectivity index (χ3n) is 7.95. The van der Waals surface area contributed by atoms with E-state index in [1.807, 2.05) is 4.98 Å². The molecule has 0 aromatic carbocycles. The SMILES string of the molecule is CC1c2c(c(=O)[nH]c(=O)n2C2CC2)C(N)(C(F)F)C(F)C1N1CCC(C(N)C(OCF)(OCF)OCF)C1. The van der Waals surface area contributed by atoms with Crippen LogP contribution in [0.5, 0.6) is 0 Å². The maximum atomic E-state index is 16.1. The van der Waals surface area contributed by atoms with Crippen LogP contribution in [-0.2, 0) is 19.7 Å². The number of fused-ring (bicyclic) bond motifs is 1. The van der Waals surface area contributed by atoms with Crippen LogP contribution in [0.4, 0.5) is 26.3 Å². The van der Waals surface area contributed by atoms with Gasteiger partial charge in [-0.1, -0.05) is 6.92 Å². The molecule has 1 aromatic heterocycles. The molecule has 0 amide bonds. The molecule has 3 aliphatic rings. The lowest BCUT2D eigenvalue weighted by molar-refractivity contribution is -0.416. The molecule has 1 aromatic rings. The molecule has 5 N–H and O–H groups in total. The fourth-order valence-electron chi connectivity index (χ4n) is 6.00. The summed E-state index contributed by atoms with van der Waals surface area (Å²) in [6.45, 7) is -3.19. The molecule has 4 rings (SSSR count). The number of hydrogen-bond donors (Lipinski definition) is 3. The molecule has 216 valence electrons. The highest BCUT2D eigenvalue weighted by Gasteiger charge is 2.60. The lowest BCUT2D eigenvalue weighted by Crippen LogP contribution is -2.67. The van der Waals surface area contributed by atoms with Gasteiger partial charge in [-0.15, -0.1) is 0 Å². The fraction of sp³-hybridized carbons (Fsp3) is 0.818. The third-order valence-corrected chi connectivity index (χ3v) is 7.95. The first-order valence-corrected chi connectivity index (χ1v) is 12.2. The van der Waals surface area contributed by atoms with Gasteiger partial charge < -0.3 is 11.5 Å². The normalized spacial score (nSPS) is 31.1. The summed E-state index contributed by atoms with van der Waals surface area (Å²) >= 11 is 0. The molecular formula is C22H31F6N5O5. The molecule has 0 radical (unpaired) electrons. The predicted octanol–water partition coefficient (Wildman–Crippen LogP) is 1.25. The molecule has 0 bridgehead atoms. The van der Waals surface area contributed by atoms with E-state index in [1.165, 1.54) is 16.4 Å². The molecule has 38 heavy (non-hydrogen) atoms. The van der Waals surface area contributed by atoms with Crippen LogP contribution in [0.25, 0.3) is 0 Å². The minimum atomic E-state index is -3.50. The van der Waals surface area contributed by atoms with Crippen LogP contribution in [-0.4, -0.2) is 78.8 Å². The summed E-state index contributed by atoms with van der Waals surface area (Å²) in [5.41, 5.74) is 6.44. The smallest absolute Gasteiger partial charge is 0.321 e. The summed E-state index contributed by atoms with van der Waals surface area (Å²) in [4.78, 5) is 28.9. The van der Waals surface area contributed by atoms with Gasteiger partial charge in [0.05, 0.1) is 17.6 Å². The third kappa shape index (κ3) is 4.58. The Balaban J connectivity index is 1.73. The maximum absolute atomic E-state index is 16.1. The number of alkyl halides is 6. The van der Waals surface area contributed by atoms with Crippen LogP contribution in [0.2, 0.25) is 0 Å². The number of nitrogens with one attached hydrogen (secondary N) is 1. The molecule has 2 fully saturated rings. The highest BCUT2D eigenvalue weighted by molar-refractivity contribution is 5.38. The Kier molecular flexibility index (Phi) is 8.31. The lowest BCUT2D eigenvalue weighted by Gasteiger charge is -2.48. The second kappa shape index (κ2) is 10.9. The van der Waals surface area contributed by atoms with Crippen molar-refractivity contribution in [3.63, 3.8) is 0 Å². The Labute approximate surface area is 213 Å². The van der Waals surface area contributed by atoms with Crippen molar-refractivity contribution >= 4 is 0 Å². The standard InChI is InChI=1S/C22H31F6N5O5/c1-10-14-13(18(34)31-20(35)33(14)12-2-3-12)21(30,19(27)28)16(26)15(10)32-5-4-11(6-32)17(29)22(36-7-23,37-8-24)38-9-25/h10-12,15-17,19H,2-9,29-30H2,1H3,(H,31,34,35). The van der Waals surface area contributed by atoms with Crippen molar-refractivity contribution in [3.05, 3.63) is 32.1 Å². The van der Waals surface area contributed by atoms with Gasteiger partial charge in [0.2, 0.25) is 0 Å². The summed E-state index contributed by atoms with van der Waals surface area (Å²) in [6, 6.07) is -3.14. The number of ether oxygens (including phenoxy) is 3. The van der Waals surface area contributed by atoms with E-state index in [1.54, 1.807) is 0 Å². The molecule has 0 spiro atoms. The van der Waals surface area contributed by atoms with Gasteiger partial charge >= 0.3 is 11.7 Å². The van der Waals surface area contributed by atoms with E-state index < -0.39 is 85.4 Å². The van der Waals surface area contributed by atoms with Crippen molar-refractivity contribution in [2.24, 2.45) is 17.4 Å². The first-order chi connectivity index (χ1) is 18.0. The second-order valence-corrected chi connectivity index (χ2v) is 9.97. The average Bonchev–Trinajstić information content (AvgIpc) is 3.58.